The summed E-state index contributed by atoms with van der Waals surface area (Å²) in [6.45, 7) is 1.82. The Bertz CT molecular complexity index is 1230. The van der Waals surface area contributed by atoms with E-state index in [0.29, 0.717) is 0 Å². The fourth-order valence-corrected chi connectivity index (χ4v) is 5.18. The predicted molar refractivity (Wildman–Crippen MR) is 143 cm³/mol. The lowest BCUT2D eigenvalue weighted by Crippen LogP contribution is -2.43. The number of methoxy groups -OCH3 is 1. The molecule has 4 rings (SSSR count). The molecular weight excluding hydrogens is 496 g/mol. The minimum Gasteiger partial charge on any atom is -0.507 e. The third-order valence-corrected chi connectivity index (χ3v) is 7.31. The zero-order valence-electron chi connectivity index (χ0n) is 19.8. The Morgan fingerprint density at radius 3 is 2.47 bits per heavy atom. The van der Waals surface area contributed by atoms with Gasteiger partial charge >= 0.3 is 5.97 Å². The lowest BCUT2D eigenvalue weighted by molar-refractivity contribution is -0.142. The van der Waals surface area contributed by atoms with Crippen molar-refractivity contribution in [3.63, 3.8) is 0 Å². The molecule has 3 aromatic rings. The van der Waals surface area contributed by atoms with Crippen molar-refractivity contribution in [3.8, 4) is 5.75 Å². The van der Waals surface area contributed by atoms with Gasteiger partial charge in [-0.25, -0.2) is 9.10 Å². The van der Waals surface area contributed by atoms with Crippen LogP contribution in [0.25, 0.3) is 5.57 Å². The Morgan fingerprint density at radius 1 is 1.08 bits per heavy atom. The van der Waals surface area contributed by atoms with E-state index in [-0.39, 0.29) is 22.8 Å². The number of aromatic hydroxyl groups is 1. The maximum Gasteiger partial charge on any atom is 0.328 e. The van der Waals surface area contributed by atoms with Gasteiger partial charge in [0.2, 0.25) is 0 Å². The predicted octanol–water partition coefficient (Wildman–Crippen LogP) is 5.36. The molecule has 1 aliphatic rings. The van der Waals surface area contributed by atoms with Crippen LogP contribution in [-0.2, 0) is 16.0 Å². The van der Waals surface area contributed by atoms with Gasteiger partial charge in [-0.15, -0.1) is 0 Å². The Morgan fingerprint density at radius 2 is 1.83 bits per heavy atom. The molecule has 0 bridgehead atoms. The van der Waals surface area contributed by atoms with Gasteiger partial charge in [-0.3, -0.25) is 4.79 Å². The summed E-state index contributed by atoms with van der Waals surface area (Å²) < 4.78 is 7.23. The molecule has 1 atom stereocenters. The summed E-state index contributed by atoms with van der Waals surface area (Å²) in [6.07, 6.45) is 3.44. The number of esters is 1. The average Bonchev–Trinajstić information content (AvgIpc) is 2.89. The number of phenols is 1. The maximum absolute atomic E-state index is 12.7. The number of nitrogens with zero attached hydrogens (tertiary/aromatic N) is 1. The molecule has 0 saturated heterocycles. The van der Waals surface area contributed by atoms with Gasteiger partial charge in [0.1, 0.15) is 11.8 Å². The lowest BCUT2D eigenvalue weighted by atomic mass is 9.97. The fourth-order valence-electron chi connectivity index (χ4n) is 4.02. The van der Waals surface area contributed by atoms with Gasteiger partial charge in [-0.2, -0.15) is 0 Å². The summed E-state index contributed by atoms with van der Waals surface area (Å²) in [5.41, 5.74) is 3.23. The minimum absolute atomic E-state index is 0.0767. The van der Waals surface area contributed by atoms with Crippen LogP contribution in [0, 0.1) is 0 Å². The van der Waals surface area contributed by atoms with E-state index in [1.54, 1.807) is 11.9 Å². The second-order valence-electron chi connectivity index (χ2n) is 8.36. The minimum atomic E-state index is -0.929. The first-order chi connectivity index (χ1) is 17.4. The standard InChI is InChI=1S/C28H27ClN2O4S/c1-35-28(34)24(30-27(33)26-23(29)8-5-9-25(26)32)18-19-10-12-20(13-11-19)21-14-16-31(17-15-21)36-22-6-3-2-4-7-22/h2-14,24,32H,15-18H2,1H3,(H,30,33). The maximum atomic E-state index is 12.7. The van der Waals surface area contributed by atoms with Crippen molar-refractivity contribution in [2.24, 2.45) is 0 Å². The Labute approximate surface area is 220 Å². The van der Waals surface area contributed by atoms with Gasteiger partial charge < -0.3 is 15.2 Å². The molecule has 1 heterocycles. The number of carbonyl (C=O) groups is 2. The molecule has 0 aromatic heterocycles. The molecule has 2 N–H and O–H groups in total. The number of nitrogens with one attached hydrogen (secondary N) is 1. The monoisotopic (exact) mass is 522 g/mol. The van der Waals surface area contributed by atoms with E-state index in [4.69, 9.17) is 16.3 Å². The van der Waals surface area contributed by atoms with Crippen molar-refractivity contribution < 1.29 is 19.4 Å². The van der Waals surface area contributed by atoms with Crippen molar-refractivity contribution in [3.05, 3.63) is 101 Å². The Balaban J connectivity index is 1.40. The first-order valence-corrected chi connectivity index (χ1v) is 12.7. The van der Waals surface area contributed by atoms with Crippen LogP contribution in [0.4, 0.5) is 0 Å². The molecule has 8 heteroatoms. The molecule has 1 aliphatic heterocycles. The largest absolute Gasteiger partial charge is 0.507 e. The van der Waals surface area contributed by atoms with E-state index >= 15 is 0 Å². The van der Waals surface area contributed by atoms with Gasteiger partial charge in [0, 0.05) is 24.4 Å². The van der Waals surface area contributed by atoms with Gasteiger partial charge in [0.15, 0.2) is 0 Å². The fraction of sp³-hybridized carbons (Fsp3) is 0.214. The molecule has 0 spiro atoms. The number of hydrogen-bond donors (Lipinski definition) is 2. The van der Waals surface area contributed by atoms with Gasteiger partial charge in [0.05, 0.1) is 17.7 Å². The first-order valence-electron chi connectivity index (χ1n) is 11.6. The quantitative estimate of drug-likeness (QED) is 0.306. The summed E-state index contributed by atoms with van der Waals surface area (Å²) in [6, 6.07) is 21.8. The average molecular weight is 523 g/mol. The molecule has 0 radical (unpaired) electrons. The SMILES string of the molecule is COC(=O)C(Cc1ccc(C2=CCN(Sc3ccccc3)CC2)cc1)NC(=O)c1c(O)cccc1Cl. The molecular formula is C28H27ClN2O4S. The normalized spacial score (nSPS) is 14.6. The van der Waals surface area contributed by atoms with E-state index in [0.717, 1.165) is 30.6 Å². The first kappa shape index (κ1) is 25.8. The lowest BCUT2D eigenvalue weighted by Gasteiger charge is -2.25. The highest BCUT2D eigenvalue weighted by atomic mass is 35.5. The van der Waals surface area contributed by atoms with Crippen LogP contribution in [0.5, 0.6) is 5.75 Å². The number of halogens is 1. The van der Waals surface area contributed by atoms with E-state index < -0.39 is 17.9 Å². The van der Waals surface area contributed by atoms with Crippen LogP contribution in [-0.4, -0.2) is 47.5 Å². The molecule has 36 heavy (non-hydrogen) atoms. The summed E-state index contributed by atoms with van der Waals surface area (Å²) in [5, 5.41) is 12.8. The number of ether oxygens (including phenoxy) is 1. The van der Waals surface area contributed by atoms with Crippen LogP contribution >= 0.6 is 23.5 Å². The second-order valence-corrected chi connectivity index (χ2v) is 9.93. The summed E-state index contributed by atoms with van der Waals surface area (Å²) in [5.74, 6) is -1.48. The zero-order chi connectivity index (χ0) is 25.5. The highest BCUT2D eigenvalue weighted by Gasteiger charge is 2.25. The van der Waals surface area contributed by atoms with Crippen LogP contribution in [0.1, 0.15) is 27.9 Å². The van der Waals surface area contributed by atoms with E-state index in [2.05, 4.69) is 27.8 Å². The molecule has 0 fully saturated rings. The van der Waals surface area contributed by atoms with Gasteiger partial charge in [0.25, 0.3) is 5.91 Å². The molecule has 3 aromatic carbocycles. The molecule has 1 amide bonds. The third kappa shape index (κ3) is 6.49. The number of amides is 1. The van der Waals surface area contributed by atoms with Crippen LogP contribution in [0.15, 0.2) is 83.8 Å². The number of hydrogen-bond acceptors (Lipinski definition) is 6. The third-order valence-electron chi connectivity index (χ3n) is 5.92. The smallest absolute Gasteiger partial charge is 0.328 e. The molecule has 1 unspecified atom stereocenters. The van der Waals surface area contributed by atoms with Crippen molar-refractivity contribution in [2.45, 2.75) is 23.8 Å². The summed E-state index contributed by atoms with van der Waals surface area (Å²) >= 11 is 7.84. The van der Waals surface area contributed by atoms with Crippen molar-refractivity contribution >= 4 is 41.0 Å². The van der Waals surface area contributed by atoms with E-state index in [1.807, 2.05) is 42.5 Å². The summed E-state index contributed by atoms with van der Waals surface area (Å²) in [7, 11) is 1.27. The van der Waals surface area contributed by atoms with Gasteiger partial charge in [-0.05, 0) is 59.3 Å². The number of benzene rings is 3. The van der Waals surface area contributed by atoms with E-state index in [9.17, 15) is 14.7 Å². The van der Waals surface area contributed by atoms with E-state index in [1.165, 1.54) is 35.8 Å². The number of rotatable bonds is 8. The van der Waals surface area contributed by atoms with Gasteiger partial charge in [-0.1, -0.05) is 66.2 Å². The highest BCUT2D eigenvalue weighted by Crippen LogP contribution is 2.29. The second kappa shape index (κ2) is 12.1. The summed E-state index contributed by atoms with van der Waals surface area (Å²) in [4.78, 5) is 26.3. The topological polar surface area (TPSA) is 78.9 Å². The molecule has 0 saturated carbocycles. The molecule has 186 valence electrons. The van der Waals surface area contributed by atoms with Crippen LogP contribution in [0.2, 0.25) is 5.02 Å². The molecule has 0 aliphatic carbocycles. The van der Waals surface area contributed by atoms with Crippen molar-refractivity contribution in [2.75, 3.05) is 20.2 Å². The van der Waals surface area contributed by atoms with Crippen molar-refractivity contribution in [1.29, 1.82) is 0 Å². The number of phenolic OH excluding ortho intramolecular Hbond substituents is 1. The Kier molecular flexibility index (Phi) is 8.70. The zero-order valence-corrected chi connectivity index (χ0v) is 21.4. The van der Waals surface area contributed by atoms with Crippen LogP contribution in [0.3, 0.4) is 0 Å². The molecule has 6 nitrogen and oxygen atoms in total. The Hall–Kier alpha value is -3.26. The highest BCUT2D eigenvalue weighted by molar-refractivity contribution is 7.97. The van der Waals surface area contributed by atoms with Crippen LogP contribution < -0.4 is 5.32 Å². The van der Waals surface area contributed by atoms with Crippen molar-refractivity contribution in [1.82, 2.24) is 9.62 Å². The number of carbonyl (C=O) groups excluding carboxylic acids is 2.